The van der Waals surface area contributed by atoms with Gasteiger partial charge in [-0.2, -0.15) is 0 Å². The second kappa shape index (κ2) is 7.98. The van der Waals surface area contributed by atoms with Gasteiger partial charge in [0, 0.05) is 29.1 Å². The van der Waals surface area contributed by atoms with Crippen molar-refractivity contribution in [3.8, 4) is 11.5 Å². The van der Waals surface area contributed by atoms with Crippen molar-refractivity contribution in [3.05, 3.63) is 58.1 Å². The van der Waals surface area contributed by atoms with E-state index in [2.05, 4.69) is 0 Å². The van der Waals surface area contributed by atoms with Gasteiger partial charge in [-0.3, -0.25) is 4.79 Å². The molecule has 0 saturated heterocycles. The van der Waals surface area contributed by atoms with Crippen molar-refractivity contribution in [1.82, 2.24) is 4.90 Å². The minimum absolute atomic E-state index is 0.0282. The molecule has 1 atom stereocenters. The number of halogens is 1. The smallest absolute Gasteiger partial charge is 0.223 e. The van der Waals surface area contributed by atoms with Gasteiger partial charge in [-0.05, 0) is 30.2 Å². The lowest BCUT2D eigenvalue weighted by Gasteiger charge is -2.34. The Hall–Kier alpha value is -2.24. The molecule has 0 radical (unpaired) electrons. The normalized spacial score (nSPS) is 16.2. The zero-order chi connectivity index (χ0) is 18.7. The summed E-state index contributed by atoms with van der Waals surface area (Å²) in [5.41, 5.74) is 2.43. The van der Waals surface area contributed by atoms with Crippen molar-refractivity contribution >= 4 is 17.5 Å². The van der Waals surface area contributed by atoms with Crippen molar-refractivity contribution in [1.29, 1.82) is 0 Å². The lowest BCUT2D eigenvalue weighted by Crippen LogP contribution is -2.38. The summed E-state index contributed by atoms with van der Waals surface area (Å²) in [4.78, 5) is 14.4. The number of benzene rings is 2. The Kier molecular flexibility index (Phi) is 5.69. The van der Waals surface area contributed by atoms with Crippen LogP contribution < -0.4 is 9.47 Å². The van der Waals surface area contributed by atoms with Gasteiger partial charge in [-0.25, -0.2) is 0 Å². The molecule has 0 fully saturated rings. The van der Waals surface area contributed by atoms with Crippen LogP contribution >= 0.6 is 11.6 Å². The summed E-state index contributed by atoms with van der Waals surface area (Å²) < 4.78 is 10.8. The SMILES string of the molecule is COc1ccc(OC)c2c1CN(C(=O)CCc1ccccc1Cl)CC2O. The number of aliphatic hydroxyl groups excluding tert-OH is 1. The molecule has 1 unspecified atom stereocenters. The van der Waals surface area contributed by atoms with Gasteiger partial charge in [-0.15, -0.1) is 0 Å². The largest absolute Gasteiger partial charge is 0.496 e. The summed E-state index contributed by atoms with van der Waals surface area (Å²) in [6.45, 7) is 0.617. The van der Waals surface area contributed by atoms with Gasteiger partial charge >= 0.3 is 0 Å². The monoisotopic (exact) mass is 375 g/mol. The third kappa shape index (κ3) is 3.64. The number of ether oxygens (including phenoxy) is 2. The summed E-state index contributed by atoms with van der Waals surface area (Å²) in [7, 11) is 3.14. The molecule has 0 aliphatic carbocycles. The van der Waals surface area contributed by atoms with Crippen molar-refractivity contribution in [2.75, 3.05) is 20.8 Å². The first kappa shape index (κ1) is 18.5. The van der Waals surface area contributed by atoms with E-state index >= 15 is 0 Å². The van der Waals surface area contributed by atoms with E-state index < -0.39 is 6.10 Å². The molecule has 1 aliphatic rings. The fraction of sp³-hybridized carbons (Fsp3) is 0.350. The third-order valence-electron chi connectivity index (χ3n) is 4.71. The van der Waals surface area contributed by atoms with Crippen LogP contribution in [-0.4, -0.2) is 36.7 Å². The number of aryl methyl sites for hydroxylation is 1. The van der Waals surface area contributed by atoms with Gasteiger partial charge in [0.05, 0.1) is 20.8 Å². The standard InChI is InChI=1S/C20H22ClNO4/c1-25-17-8-9-18(26-2)20-14(17)11-22(12-16(20)23)19(24)10-7-13-5-3-4-6-15(13)21/h3-6,8-9,16,23H,7,10-12H2,1-2H3. The molecule has 0 bridgehead atoms. The van der Waals surface area contributed by atoms with E-state index in [4.69, 9.17) is 21.1 Å². The number of nitrogens with zero attached hydrogens (tertiary/aromatic N) is 1. The highest BCUT2D eigenvalue weighted by atomic mass is 35.5. The van der Waals surface area contributed by atoms with Crippen LogP contribution in [0, 0.1) is 0 Å². The summed E-state index contributed by atoms with van der Waals surface area (Å²) in [5, 5.41) is 11.3. The summed E-state index contributed by atoms with van der Waals surface area (Å²) in [6.07, 6.45) is 0.0821. The molecular weight excluding hydrogens is 354 g/mol. The van der Waals surface area contributed by atoms with Crippen LogP contribution in [0.25, 0.3) is 0 Å². The van der Waals surface area contributed by atoms with Crippen LogP contribution in [0.1, 0.15) is 29.2 Å². The maximum Gasteiger partial charge on any atom is 0.223 e. The number of carbonyl (C=O) groups excluding carboxylic acids is 1. The highest BCUT2D eigenvalue weighted by molar-refractivity contribution is 6.31. The molecular formula is C20H22ClNO4. The molecule has 1 N–H and O–H groups in total. The fourth-order valence-electron chi connectivity index (χ4n) is 3.37. The van der Waals surface area contributed by atoms with E-state index in [9.17, 15) is 9.90 Å². The number of β-amino-alcohol motifs (C(OH)–C–C–N with tert-alkyl or cyclic N) is 1. The Morgan fingerprint density at radius 1 is 1.19 bits per heavy atom. The molecule has 3 rings (SSSR count). The number of amides is 1. The van der Waals surface area contributed by atoms with Crippen LogP contribution in [-0.2, 0) is 17.8 Å². The average Bonchev–Trinajstić information content (AvgIpc) is 2.66. The molecule has 2 aromatic carbocycles. The van der Waals surface area contributed by atoms with Gasteiger partial charge in [-0.1, -0.05) is 29.8 Å². The van der Waals surface area contributed by atoms with Crippen LogP contribution in [0.2, 0.25) is 5.02 Å². The van der Waals surface area contributed by atoms with E-state index in [-0.39, 0.29) is 12.5 Å². The molecule has 1 amide bonds. The fourth-order valence-corrected chi connectivity index (χ4v) is 3.60. The Labute approximate surface area is 158 Å². The Morgan fingerprint density at radius 3 is 2.58 bits per heavy atom. The first-order chi connectivity index (χ1) is 12.5. The van der Waals surface area contributed by atoms with Gasteiger partial charge in [0.2, 0.25) is 5.91 Å². The van der Waals surface area contributed by atoms with Gasteiger partial charge in [0.25, 0.3) is 0 Å². The van der Waals surface area contributed by atoms with E-state index in [0.717, 1.165) is 11.1 Å². The quantitative estimate of drug-likeness (QED) is 0.870. The topological polar surface area (TPSA) is 59.0 Å². The third-order valence-corrected chi connectivity index (χ3v) is 5.08. The molecule has 26 heavy (non-hydrogen) atoms. The lowest BCUT2D eigenvalue weighted by molar-refractivity contribution is -0.134. The minimum Gasteiger partial charge on any atom is -0.496 e. The maximum atomic E-state index is 12.7. The Bertz CT molecular complexity index is 808. The van der Waals surface area contributed by atoms with E-state index in [1.54, 1.807) is 31.3 Å². The van der Waals surface area contributed by atoms with Crippen LogP contribution in [0.4, 0.5) is 0 Å². The zero-order valence-corrected chi connectivity index (χ0v) is 15.6. The predicted octanol–water partition coefficient (Wildman–Crippen LogP) is 3.37. The van der Waals surface area contributed by atoms with Crippen molar-refractivity contribution < 1.29 is 19.4 Å². The highest BCUT2D eigenvalue weighted by Crippen LogP contribution is 2.39. The molecule has 5 nitrogen and oxygen atoms in total. The first-order valence-electron chi connectivity index (χ1n) is 8.48. The molecule has 2 aromatic rings. The van der Waals surface area contributed by atoms with Crippen molar-refractivity contribution in [2.45, 2.75) is 25.5 Å². The minimum atomic E-state index is -0.812. The van der Waals surface area contributed by atoms with Crippen LogP contribution in [0.5, 0.6) is 11.5 Å². The number of methoxy groups -OCH3 is 2. The number of rotatable bonds is 5. The summed E-state index contributed by atoms with van der Waals surface area (Å²) in [5.74, 6) is 1.22. The van der Waals surface area contributed by atoms with E-state index in [0.29, 0.717) is 41.5 Å². The number of fused-ring (bicyclic) bond motifs is 1. The lowest BCUT2D eigenvalue weighted by atomic mass is 9.94. The molecule has 6 heteroatoms. The second-order valence-electron chi connectivity index (χ2n) is 6.24. The van der Waals surface area contributed by atoms with Gasteiger partial charge in [0.1, 0.15) is 17.6 Å². The molecule has 138 valence electrons. The Morgan fingerprint density at radius 2 is 1.88 bits per heavy atom. The average molecular weight is 376 g/mol. The molecule has 1 heterocycles. The molecule has 0 saturated carbocycles. The van der Waals surface area contributed by atoms with Crippen LogP contribution in [0.15, 0.2) is 36.4 Å². The van der Waals surface area contributed by atoms with Crippen molar-refractivity contribution in [2.24, 2.45) is 0 Å². The first-order valence-corrected chi connectivity index (χ1v) is 8.86. The molecule has 0 aromatic heterocycles. The van der Waals surface area contributed by atoms with Gasteiger partial charge in [0.15, 0.2) is 0 Å². The number of hydrogen-bond acceptors (Lipinski definition) is 4. The number of hydrogen-bond donors (Lipinski definition) is 1. The van der Waals surface area contributed by atoms with Gasteiger partial charge < -0.3 is 19.5 Å². The van der Waals surface area contributed by atoms with E-state index in [1.165, 1.54) is 0 Å². The van der Waals surface area contributed by atoms with Crippen LogP contribution in [0.3, 0.4) is 0 Å². The highest BCUT2D eigenvalue weighted by Gasteiger charge is 2.31. The number of aliphatic hydroxyl groups is 1. The summed E-state index contributed by atoms with van der Waals surface area (Å²) in [6, 6.07) is 11.1. The number of carbonyl (C=O) groups is 1. The van der Waals surface area contributed by atoms with E-state index in [1.807, 2.05) is 24.3 Å². The second-order valence-corrected chi connectivity index (χ2v) is 6.65. The summed E-state index contributed by atoms with van der Waals surface area (Å²) >= 11 is 6.16. The Balaban J connectivity index is 1.77. The zero-order valence-electron chi connectivity index (χ0n) is 14.9. The maximum absolute atomic E-state index is 12.7. The predicted molar refractivity (Wildman–Crippen MR) is 99.7 cm³/mol. The molecule has 1 aliphatic heterocycles. The molecule has 0 spiro atoms. The van der Waals surface area contributed by atoms with Crippen molar-refractivity contribution in [3.63, 3.8) is 0 Å².